The highest BCUT2D eigenvalue weighted by Gasteiger charge is 2.57. The zero-order valence-electron chi connectivity index (χ0n) is 13.2. The Balaban J connectivity index is 1.68. The standard InChI is InChI=1S/C16H13F3N4O2S/c17-16(18,19)11-9-13(11)23-8-7-21-15(23)26(24,25)22-12-5-1-3-10-4-2-6-20-14(10)12/h1-8,11,13,22H,9H2. The summed E-state index contributed by atoms with van der Waals surface area (Å²) in [5.74, 6) is -1.55. The van der Waals surface area contributed by atoms with Crippen LogP contribution in [-0.2, 0) is 10.0 Å². The van der Waals surface area contributed by atoms with E-state index in [2.05, 4.69) is 14.7 Å². The molecule has 6 nitrogen and oxygen atoms in total. The molecule has 3 aromatic rings. The number of anilines is 1. The maximum Gasteiger partial charge on any atom is 0.393 e. The van der Waals surface area contributed by atoms with Gasteiger partial charge in [0.2, 0.25) is 5.16 Å². The van der Waals surface area contributed by atoms with Gasteiger partial charge in [0, 0.05) is 30.0 Å². The lowest BCUT2D eigenvalue weighted by Gasteiger charge is -2.12. The van der Waals surface area contributed by atoms with E-state index in [4.69, 9.17) is 0 Å². The van der Waals surface area contributed by atoms with Crippen LogP contribution in [0.4, 0.5) is 18.9 Å². The highest BCUT2D eigenvalue weighted by atomic mass is 32.2. The molecule has 2 atom stereocenters. The van der Waals surface area contributed by atoms with E-state index < -0.39 is 33.3 Å². The van der Waals surface area contributed by atoms with Gasteiger partial charge >= 0.3 is 6.18 Å². The van der Waals surface area contributed by atoms with E-state index in [1.165, 1.54) is 24.7 Å². The van der Waals surface area contributed by atoms with Crippen LogP contribution >= 0.6 is 0 Å². The number of fused-ring (bicyclic) bond motifs is 1. The largest absolute Gasteiger partial charge is 0.393 e. The average molecular weight is 382 g/mol. The number of halogens is 3. The Morgan fingerprint density at radius 2 is 1.88 bits per heavy atom. The first-order valence-electron chi connectivity index (χ1n) is 7.73. The van der Waals surface area contributed by atoms with E-state index in [0.29, 0.717) is 5.52 Å². The molecule has 0 spiro atoms. The third-order valence-corrected chi connectivity index (χ3v) is 5.57. The number of hydrogen-bond acceptors (Lipinski definition) is 4. The molecule has 0 aliphatic heterocycles. The van der Waals surface area contributed by atoms with Crippen molar-refractivity contribution in [1.82, 2.24) is 14.5 Å². The lowest BCUT2D eigenvalue weighted by Crippen LogP contribution is -2.20. The number of hydrogen-bond donors (Lipinski definition) is 1. The number of benzene rings is 1. The van der Waals surface area contributed by atoms with Crippen molar-refractivity contribution in [3.05, 3.63) is 48.9 Å². The lowest BCUT2D eigenvalue weighted by atomic mass is 10.2. The van der Waals surface area contributed by atoms with Gasteiger partial charge in [-0.3, -0.25) is 9.71 Å². The van der Waals surface area contributed by atoms with Crippen molar-refractivity contribution in [1.29, 1.82) is 0 Å². The molecule has 1 aromatic carbocycles. The zero-order valence-corrected chi connectivity index (χ0v) is 14.0. The van der Waals surface area contributed by atoms with Gasteiger partial charge in [-0.15, -0.1) is 0 Å². The minimum absolute atomic E-state index is 0.155. The fraction of sp³-hybridized carbons (Fsp3) is 0.250. The van der Waals surface area contributed by atoms with Crippen molar-refractivity contribution in [2.45, 2.75) is 23.8 Å². The number of imidazole rings is 1. The van der Waals surface area contributed by atoms with Crippen LogP contribution < -0.4 is 4.72 Å². The van der Waals surface area contributed by atoms with Crippen molar-refractivity contribution in [2.24, 2.45) is 5.92 Å². The average Bonchev–Trinajstić information content (AvgIpc) is 3.24. The topological polar surface area (TPSA) is 76.9 Å². The predicted molar refractivity (Wildman–Crippen MR) is 88.0 cm³/mol. The van der Waals surface area contributed by atoms with Gasteiger partial charge in [-0.1, -0.05) is 18.2 Å². The molecular formula is C16H13F3N4O2S. The second kappa shape index (κ2) is 5.70. The first kappa shape index (κ1) is 16.8. The molecule has 2 unspecified atom stereocenters. The molecule has 0 saturated heterocycles. The van der Waals surface area contributed by atoms with Gasteiger partial charge in [0.25, 0.3) is 10.0 Å². The van der Waals surface area contributed by atoms with Gasteiger partial charge in [-0.05, 0) is 18.6 Å². The van der Waals surface area contributed by atoms with Gasteiger partial charge < -0.3 is 4.57 Å². The highest BCUT2D eigenvalue weighted by molar-refractivity contribution is 7.92. The van der Waals surface area contributed by atoms with Gasteiger partial charge in [0.1, 0.15) is 0 Å². The minimum Gasteiger partial charge on any atom is -0.317 e. The molecule has 0 amide bonds. The summed E-state index contributed by atoms with van der Waals surface area (Å²) >= 11 is 0. The van der Waals surface area contributed by atoms with Gasteiger partial charge in [0.15, 0.2) is 0 Å². The van der Waals surface area contributed by atoms with E-state index in [9.17, 15) is 21.6 Å². The molecule has 2 aromatic heterocycles. The van der Waals surface area contributed by atoms with Crippen LogP contribution in [0.25, 0.3) is 10.9 Å². The van der Waals surface area contributed by atoms with E-state index >= 15 is 0 Å². The molecule has 136 valence electrons. The van der Waals surface area contributed by atoms with E-state index in [0.717, 1.165) is 9.95 Å². The Bertz CT molecular complexity index is 1070. The van der Waals surface area contributed by atoms with Crippen molar-refractivity contribution < 1.29 is 21.6 Å². The summed E-state index contributed by atoms with van der Waals surface area (Å²) in [6, 6.07) is 7.52. The Hall–Kier alpha value is -2.62. The second-order valence-corrected chi connectivity index (χ2v) is 7.63. The van der Waals surface area contributed by atoms with Crippen molar-refractivity contribution in [2.75, 3.05) is 4.72 Å². The molecule has 26 heavy (non-hydrogen) atoms. The summed E-state index contributed by atoms with van der Waals surface area (Å²) in [7, 11) is -4.17. The molecule has 10 heteroatoms. The van der Waals surface area contributed by atoms with Crippen molar-refractivity contribution in [3.63, 3.8) is 0 Å². The number of para-hydroxylation sites is 1. The van der Waals surface area contributed by atoms with Gasteiger partial charge in [-0.25, -0.2) is 4.98 Å². The maximum absolute atomic E-state index is 12.8. The number of aromatic nitrogens is 3. The summed E-state index contributed by atoms with van der Waals surface area (Å²) in [5.41, 5.74) is 0.678. The molecule has 4 rings (SSSR count). The molecular weight excluding hydrogens is 369 g/mol. The first-order chi connectivity index (χ1) is 12.3. The Labute approximate surface area is 146 Å². The number of nitrogens with zero attached hydrogens (tertiary/aromatic N) is 3. The van der Waals surface area contributed by atoms with Crippen molar-refractivity contribution in [3.8, 4) is 0 Å². The number of pyridine rings is 1. The summed E-state index contributed by atoms with van der Waals surface area (Å²) in [6.07, 6.45) is -0.547. The lowest BCUT2D eigenvalue weighted by molar-refractivity contribution is -0.150. The summed E-state index contributed by atoms with van der Waals surface area (Å²) in [5, 5.41) is 0.289. The monoisotopic (exact) mass is 382 g/mol. The number of rotatable bonds is 4. The predicted octanol–water partition coefficient (Wildman–Crippen LogP) is 3.36. The maximum atomic E-state index is 12.8. The highest BCUT2D eigenvalue weighted by Crippen LogP contribution is 2.53. The van der Waals surface area contributed by atoms with Crippen LogP contribution in [0.3, 0.4) is 0 Å². The van der Waals surface area contributed by atoms with Gasteiger partial charge in [0.05, 0.1) is 17.1 Å². The quantitative estimate of drug-likeness (QED) is 0.751. The normalized spacial score (nSPS) is 20.3. The Kier molecular flexibility index (Phi) is 3.69. The molecule has 0 radical (unpaired) electrons. The summed E-state index contributed by atoms with van der Waals surface area (Å²) in [4.78, 5) is 7.92. The molecule has 1 fully saturated rings. The van der Waals surface area contributed by atoms with Crippen LogP contribution in [0.1, 0.15) is 12.5 Å². The Morgan fingerprint density at radius 1 is 1.12 bits per heavy atom. The first-order valence-corrected chi connectivity index (χ1v) is 9.22. The zero-order chi connectivity index (χ0) is 18.5. The minimum atomic E-state index is -4.36. The molecule has 2 heterocycles. The van der Waals surface area contributed by atoms with Crippen LogP contribution in [-0.4, -0.2) is 29.1 Å². The number of alkyl halides is 3. The third-order valence-electron chi connectivity index (χ3n) is 4.29. The SMILES string of the molecule is O=S(=O)(Nc1cccc2cccnc12)c1nccn1C1CC1C(F)(F)F. The number of sulfonamides is 1. The van der Waals surface area contributed by atoms with E-state index in [1.807, 2.05) is 0 Å². The summed E-state index contributed by atoms with van der Waals surface area (Å²) in [6.45, 7) is 0. The molecule has 1 aliphatic rings. The van der Waals surface area contributed by atoms with Gasteiger partial charge in [-0.2, -0.15) is 21.6 Å². The molecule has 1 saturated carbocycles. The molecule has 1 aliphatic carbocycles. The summed E-state index contributed by atoms with van der Waals surface area (Å²) < 4.78 is 67.4. The van der Waals surface area contributed by atoms with E-state index in [-0.39, 0.29) is 12.1 Å². The number of nitrogens with one attached hydrogen (secondary N) is 1. The van der Waals surface area contributed by atoms with Crippen LogP contribution in [0.5, 0.6) is 0 Å². The third kappa shape index (κ3) is 2.90. The fourth-order valence-electron chi connectivity index (χ4n) is 2.98. The van der Waals surface area contributed by atoms with Crippen LogP contribution in [0.15, 0.2) is 54.1 Å². The van der Waals surface area contributed by atoms with Crippen molar-refractivity contribution >= 4 is 26.6 Å². The van der Waals surface area contributed by atoms with E-state index in [1.54, 1.807) is 24.3 Å². The Morgan fingerprint density at radius 3 is 2.62 bits per heavy atom. The van der Waals surface area contributed by atoms with Crippen LogP contribution in [0, 0.1) is 5.92 Å². The van der Waals surface area contributed by atoms with Crippen LogP contribution in [0.2, 0.25) is 0 Å². The second-order valence-electron chi connectivity index (χ2n) is 6.05. The molecule has 1 N–H and O–H groups in total. The molecule has 0 bridgehead atoms. The smallest absolute Gasteiger partial charge is 0.317 e. The fourth-order valence-corrected chi connectivity index (χ4v) is 4.20.